The maximum absolute atomic E-state index is 10.9. The largest absolute Gasteiger partial charge is 0.484 e. The van der Waals surface area contributed by atoms with Gasteiger partial charge in [0.15, 0.2) is 5.75 Å². The normalized spacial score (nSPS) is 11.9. The average Bonchev–Trinajstić information content (AvgIpc) is 2.28. The molecule has 16 heavy (non-hydrogen) atoms. The molecule has 0 radical (unpaired) electrons. The van der Waals surface area contributed by atoms with Gasteiger partial charge in [-0.25, -0.2) is 0 Å². The SMILES string of the molecule is CCC(C)Oc1cccc(NN)c1[N+](=O)[O-]. The second kappa shape index (κ2) is 5.32. The minimum atomic E-state index is -0.507. The molecule has 0 heterocycles. The number of nitrogens with zero attached hydrogens (tertiary/aromatic N) is 1. The molecule has 1 rings (SSSR count). The van der Waals surface area contributed by atoms with Gasteiger partial charge in [-0.2, -0.15) is 0 Å². The first-order chi connectivity index (χ1) is 7.60. The topological polar surface area (TPSA) is 90.4 Å². The summed E-state index contributed by atoms with van der Waals surface area (Å²) in [5.74, 6) is 5.44. The molecule has 0 aromatic heterocycles. The third-order valence-corrected chi connectivity index (χ3v) is 2.24. The quantitative estimate of drug-likeness (QED) is 0.454. The van der Waals surface area contributed by atoms with Crippen molar-refractivity contribution in [1.82, 2.24) is 0 Å². The number of ether oxygens (including phenoxy) is 1. The van der Waals surface area contributed by atoms with Gasteiger partial charge in [-0.3, -0.25) is 16.0 Å². The van der Waals surface area contributed by atoms with Crippen molar-refractivity contribution in [3.8, 4) is 5.75 Å². The van der Waals surface area contributed by atoms with Crippen LogP contribution in [0.2, 0.25) is 0 Å². The zero-order valence-corrected chi connectivity index (χ0v) is 9.27. The lowest BCUT2D eigenvalue weighted by Gasteiger charge is -2.13. The summed E-state index contributed by atoms with van der Waals surface area (Å²) < 4.78 is 5.46. The van der Waals surface area contributed by atoms with Gasteiger partial charge in [0, 0.05) is 0 Å². The Morgan fingerprint density at radius 3 is 2.81 bits per heavy atom. The van der Waals surface area contributed by atoms with Crippen LogP contribution in [0.15, 0.2) is 18.2 Å². The van der Waals surface area contributed by atoms with E-state index in [2.05, 4.69) is 5.43 Å². The second-order valence-electron chi connectivity index (χ2n) is 3.39. The Morgan fingerprint density at radius 2 is 2.31 bits per heavy atom. The molecule has 6 heteroatoms. The van der Waals surface area contributed by atoms with Crippen molar-refractivity contribution in [2.24, 2.45) is 5.84 Å². The number of nitro groups is 1. The van der Waals surface area contributed by atoms with Crippen LogP contribution in [0.1, 0.15) is 20.3 Å². The lowest BCUT2D eigenvalue weighted by atomic mass is 10.2. The molecule has 0 aliphatic carbocycles. The number of anilines is 1. The number of rotatable bonds is 5. The van der Waals surface area contributed by atoms with Crippen molar-refractivity contribution in [3.05, 3.63) is 28.3 Å². The molecule has 0 bridgehead atoms. The molecule has 0 aliphatic rings. The van der Waals surface area contributed by atoms with E-state index in [-0.39, 0.29) is 23.2 Å². The Morgan fingerprint density at radius 1 is 1.62 bits per heavy atom. The minimum Gasteiger partial charge on any atom is -0.484 e. The van der Waals surface area contributed by atoms with Gasteiger partial charge >= 0.3 is 5.69 Å². The molecule has 1 aromatic carbocycles. The van der Waals surface area contributed by atoms with Gasteiger partial charge in [0.25, 0.3) is 0 Å². The Hall–Kier alpha value is -1.82. The van der Waals surface area contributed by atoms with Crippen molar-refractivity contribution in [2.45, 2.75) is 26.4 Å². The summed E-state index contributed by atoms with van der Waals surface area (Å²) in [5, 5.41) is 10.9. The summed E-state index contributed by atoms with van der Waals surface area (Å²) >= 11 is 0. The van der Waals surface area contributed by atoms with Gasteiger partial charge in [-0.1, -0.05) is 13.0 Å². The van der Waals surface area contributed by atoms with Crippen LogP contribution < -0.4 is 16.0 Å². The maximum Gasteiger partial charge on any atom is 0.335 e. The molecule has 6 nitrogen and oxygen atoms in total. The van der Waals surface area contributed by atoms with Crippen LogP contribution >= 0.6 is 0 Å². The van der Waals surface area contributed by atoms with Crippen LogP contribution in [0.3, 0.4) is 0 Å². The van der Waals surface area contributed by atoms with Crippen LogP contribution in [-0.4, -0.2) is 11.0 Å². The van der Waals surface area contributed by atoms with E-state index in [0.717, 1.165) is 6.42 Å². The number of nitrogens with two attached hydrogens (primary N) is 1. The summed E-state index contributed by atoms with van der Waals surface area (Å²) in [6, 6.07) is 4.74. The zero-order valence-electron chi connectivity index (χ0n) is 9.27. The van der Waals surface area contributed by atoms with E-state index in [1.807, 2.05) is 13.8 Å². The van der Waals surface area contributed by atoms with Gasteiger partial charge < -0.3 is 10.2 Å². The molecule has 0 spiro atoms. The van der Waals surface area contributed by atoms with Gasteiger partial charge in [0.1, 0.15) is 5.69 Å². The van der Waals surface area contributed by atoms with Crippen molar-refractivity contribution < 1.29 is 9.66 Å². The molecule has 0 fully saturated rings. The van der Waals surface area contributed by atoms with Gasteiger partial charge in [-0.15, -0.1) is 0 Å². The van der Waals surface area contributed by atoms with Gasteiger partial charge in [0.05, 0.1) is 11.0 Å². The second-order valence-corrected chi connectivity index (χ2v) is 3.39. The van der Waals surface area contributed by atoms with Crippen LogP contribution in [0.5, 0.6) is 5.75 Å². The maximum atomic E-state index is 10.9. The van der Waals surface area contributed by atoms with Crippen LogP contribution in [0.25, 0.3) is 0 Å². The fourth-order valence-electron chi connectivity index (χ4n) is 1.22. The molecule has 1 atom stereocenters. The first-order valence-electron chi connectivity index (χ1n) is 5.00. The first-order valence-corrected chi connectivity index (χ1v) is 5.00. The van der Waals surface area contributed by atoms with Crippen LogP contribution in [0.4, 0.5) is 11.4 Å². The van der Waals surface area contributed by atoms with E-state index >= 15 is 0 Å². The van der Waals surface area contributed by atoms with Crippen LogP contribution in [0, 0.1) is 10.1 Å². The summed E-state index contributed by atoms with van der Waals surface area (Å²) in [6.45, 7) is 3.80. The number of nitrogens with one attached hydrogen (secondary N) is 1. The fourth-order valence-corrected chi connectivity index (χ4v) is 1.22. The van der Waals surface area contributed by atoms with Crippen molar-refractivity contribution >= 4 is 11.4 Å². The first kappa shape index (κ1) is 12.3. The summed E-state index contributed by atoms with van der Waals surface area (Å²) in [5.41, 5.74) is 2.39. The lowest BCUT2D eigenvalue weighted by molar-refractivity contribution is -0.385. The lowest BCUT2D eigenvalue weighted by Crippen LogP contribution is -2.13. The molecular formula is C10H15N3O3. The predicted molar refractivity (Wildman–Crippen MR) is 61.3 cm³/mol. The Balaban J connectivity index is 3.12. The monoisotopic (exact) mass is 225 g/mol. The summed E-state index contributed by atoms with van der Waals surface area (Å²) in [4.78, 5) is 10.4. The van der Waals surface area contributed by atoms with E-state index in [4.69, 9.17) is 10.6 Å². The molecule has 1 aromatic rings. The average molecular weight is 225 g/mol. The molecule has 0 aliphatic heterocycles. The predicted octanol–water partition coefficient (Wildman–Crippen LogP) is 2.06. The standard InChI is InChI=1S/C10H15N3O3/c1-3-7(2)16-9-6-4-5-8(12-11)10(9)13(14)15/h4-7,12H,3,11H2,1-2H3. The van der Waals surface area contributed by atoms with Crippen LogP contribution in [-0.2, 0) is 0 Å². The van der Waals surface area contributed by atoms with Crippen molar-refractivity contribution in [1.29, 1.82) is 0 Å². The Kier molecular flexibility index (Phi) is 4.07. The molecular weight excluding hydrogens is 210 g/mol. The molecule has 1 unspecified atom stereocenters. The number of para-hydroxylation sites is 1. The highest BCUT2D eigenvalue weighted by Gasteiger charge is 2.21. The Labute approximate surface area is 93.5 Å². The number of hydrazine groups is 1. The molecule has 3 N–H and O–H groups in total. The third kappa shape index (κ3) is 2.60. The fraction of sp³-hybridized carbons (Fsp3) is 0.400. The van der Waals surface area contributed by atoms with Gasteiger partial charge in [0.2, 0.25) is 0 Å². The Bertz CT molecular complexity index is 382. The third-order valence-electron chi connectivity index (χ3n) is 2.24. The highest BCUT2D eigenvalue weighted by Crippen LogP contribution is 2.34. The van der Waals surface area contributed by atoms with Gasteiger partial charge in [-0.05, 0) is 25.5 Å². The summed E-state index contributed by atoms with van der Waals surface area (Å²) in [6.07, 6.45) is 0.698. The number of benzene rings is 1. The number of nitrogen functional groups attached to an aromatic ring is 1. The van der Waals surface area contributed by atoms with E-state index in [9.17, 15) is 10.1 Å². The number of hydrogen-bond donors (Lipinski definition) is 2. The highest BCUT2D eigenvalue weighted by atomic mass is 16.6. The molecule has 0 saturated heterocycles. The van der Waals surface area contributed by atoms with E-state index < -0.39 is 4.92 Å². The molecule has 88 valence electrons. The van der Waals surface area contributed by atoms with Crippen molar-refractivity contribution in [2.75, 3.05) is 5.43 Å². The smallest absolute Gasteiger partial charge is 0.335 e. The van der Waals surface area contributed by atoms with E-state index in [1.165, 1.54) is 6.07 Å². The number of hydrogen-bond acceptors (Lipinski definition) is 5. The molecule has 0 amide bonds. The zero-order chi connectivity index (χ0) is 12.1. The number of nitro benzene ring substituents is 1. The highest BCUT2D eigenvalue weighted by molar-refractivity contribution is 5.67. The summed E-state index contributed by atoms with van der Waals surface area (Å²) in [7, 11) is 0. The molecule has 0 saturated carbocycles. The van der Waals surface area contributed by atoms with E-state index in [0.29, 0.717) is 0 Å². The van der Waals surface area contributed by atoms with Crippen molar-refractivity contribution in [3.63, 3.8) is 0 Å². The van der Waals surface area contributed by atoms with E-state index in [1.54, 1.807) is 12.1 Å². The minimum absolute atomic E-state index is 0.0771.